The van der Waals surface area contributed by atoms with Crippen LogP contribution in [-0.4, -0.2) is 48.4 Å². The highest BCUT2D eigenvalue weighted by Gasteiger charge is 2.64. The summed E-state index contributed by atoms with van der Waals surface area (Å²) in [6, 6.07) is 0. The number of hydrogen-bond acceptors (Lipinski definition) is 7. The predicted octanol–water partition coefficient (Wildman–Crippen LogP) is 1.14. The fourth-order valence-electron chi connectivity index (χ4n) is 2.75. The van der Waals surface area contributed by atoms with E-state index in [2.05, 4.69) is 0 Å². The van der Waals surface area contributed by atoms with Crippen LogP contribution in [-0.2, 0) is 33.3 Å². The Bertz CT molecular complexity index is 498. The summed E-state index contributed by atoms with van der Waals surface area (Å²) in [6.07, 6.45) is -2.86. The number of carbonyl (C=O) groups excluding carboxylic acids is 2. The minimum absolute atomic E-state index is 0.444. The SMILES string of the molecule is CCC(C)(C)C(=O)OC1C(=O)O[C@@H]2[C@@H]3OC(C)(C)O[C@@H]3O[C@H]12. The van der Waals surface area contributed by atoms with Crippen LogP contribution in [0.15, 0.2) is 0 Å². The van der Waals surface area contributed by atoms with Crippen LogP contribution in [0.1, 0.15) is 41.0 Å². The Kier molecular flexibility index (Phi) is 3.50. The summed E-state index contributed by atoms with van der Waals surface area (Å²) >= 11 is 0. The van der Waals surface area contributed by atoms with Crippen LogP contribution < -0.4 is 0 Å². The van der Waals surface area contributed by atoms with Crippen molar-refractivity contribution < 1.29 is 33.3 Å². The average Bonchev–Trinajstić information content (AvgIpc) is 2.98. The number of ether oxygens (including phenoxy) is 5. The van der Waals surface area contributed by atoms with Gasteiger partial charge in [0.05, 0.1) is 5.41 Å². The fourth-order valence-corrected chi connectivity index (χ4v) is 2.75. The van der Waals surface area contributed by atoms with E-state index in [0.29, 0.717) is 6.42 Å². The third kappa shape index (κ3) is 2.41. The van der Waals surface area contributed by atoms with E-state index >= 15 is 0 Å². The molecule has 1 unspecified atom stereocenters. The van der Waals surface area contributed by atoms with E-state index in [1.54, 1.807) is 27.7 Å². The zero-order chi connectivity index (χ0) is 16.3. The van der Waals surface area contributed by atoms with E-state index in [0.717, 1.165) is 0 Å². The van der Waals surface area contributed by atoms with Gasteiger partial charge in [0.1, 0.15) is 6.10 Å². The molecule has 22 heavy (non-hydrogen) atoms. The Morgan fingerprint density at radius 2 is 1.91 bits per heavy atom. The lowest BCUT2D eigenvalue weighted by molar-refractivity contribution is -0.217. The summed E-state index contributed by atoms with van der Waals surface area (Å²) in [7, 11) is 0. The average molecular weight is 314 g/mol. The summed E-state index contributed by atoms with van der Waals surface area (Å²) in [5, 5.41) is 0. The molecule has 0 bridgehead atoms. The third-order valence-electron chi connectivity index (χ3n) is 4.48. The van der Waals surface area contributed by atoms with Crippen molar-refractivity contribution >= 4 is 11.9 Å². The first-order valence-corrected chi connectivity index (χ1v) is 7.57. The summed E-state index contributed by atoms with van der Waals surface area (Å²) in [5.74, 6) is -1.83. The molecule has 0 aromatic heterocycles. The van der Waals surface area contributed by atoms with Gasteiger partial charge in [0.2, 0.25) is 6.10 Å². The van der Waals surface area contributed by atoms with Crippen LogP contribution in [0.3, 0.4) is 0 Å². The molecule has 0 saturated carbocycles. The second kappa shape index (κ2) is 4.91. The molecule has 0 aromatic rings. The van der Waals surface area contributed by atoms with Gasteiger partial charge in [0, 0.05) is 0 Å². The Morgan fingerprint density at radius 1 is 1.23 bits per heavy atom. The Hall–Kier alpha value is -1.18. The number of carbonyl (C=O) groups is 2. The van der Waals surface area contributed by atoms with E-state index in [1.807, 2.05) is 6.92 Å². The molecule has 0 radical (unpaired) electrons. The molecule has 3 aliphatic heterocycles. The molecule has 3 rings (SSSR count). The summed E-state index contributed by atoms with van der Waals surface area (Å²) < 4.78 is 27.7. The molecule has 3 fully saturated rings. The van der Waals surface area contributed by atoms with Crippen molar-refractivity contribution in [2.45, 2.75) is 77.5 Å². The van der Waals surface area contributed by atoms with Gasteiger partial charge in [-0.05, 0) is 34.1 Å². The minimum atomic E-state index is -1.07. The first-order valence-electron chi connectivity index (χ1n) is 7.57. The number of fused-ring (bicyclic) bond motifs is 3. The molecule has 5 atom stereocenters. The van der Waals surface area contributed by atoms with Crippen molar-refractivity contribution in [3.05, 3.63) is 0 Å². The van der Waals surface area contributed by atoms with Crippen molar-refractivity contribution in [2.75, 3.05) is 0 Å². The van der Waals surface area contributed by atoms with Crippen LogP contribution in [0.5, 0.6) is 0 Å². The van der Waals surface area contributed by atoms with Crippen LogP contribution in [0.4, 0.5) is 0 Å². The van der Waals surface area contributed by atoms with E-state index in [9.17, 15) is 9.59 Å². The highest BCUT2D eigenvalue weighted by Crippen LogP contribution is 2.43. The zero-order valence-corrected chi connectivity index (χ0v) is 13.5. The fraction of sp³-hybridized carbons (Fsp3) is 0.867. The van der Waals surface area contributed by atoms with Crippen molar-refractivity contribution in [3.8, 4) is 0 Å². The lowest BCUT2D eigenvalue weighted by Gasteiger charge is -2.24. The molecule has 3 heterocycles. The Balaban J connectivity index is 1.72. The van der Waals surface area contributed by atoms with Crippen molar-refractivity contribution in [2.24, 2.45) is 5.41 Å². The second-order valence-electron chi connectivity index (χ2n) is 7.03. The molecule has 0 aromatic carbocycles. The topological polar surface area (TPSA) is 80.3 Å². The standard InChI is InChI=1S/C15H22O7/c1-6-14(2,3)13(17)20-9-7-8(18-11(9)16)10-12(19-7)22-15(4,5)21-10/h7-10,12H,6H2,1-5H3/t7-,8-,9?,10-,12-/m0/s1. The smallest absolute Gasteiger partial charge is 0.350 e. The molecule has 0 aliphatic carbocycles. The van der Waals surface area contributed by atoms with Crippen LogP contribution >= 0.6 is 0 Å². The van der Waals surface area contributed by atoms with Gasteiger partial charge in [0.25, 0.3) is 0 Å². The lowest BCUT2D eigenvalue weighted by Crippen LogP contribution is -2.40. The molecular weight excluding hydrogens is 292 g/mol. The van der Waals surface area contributed by atoms with Gasteiger partial charge in [-0.15, -0.1) is 0 Å². The highest BCUT2D eigenvalue weighted by atomic mass is 16.8. The van der Waals surface area contributed by atoms with Gasteiger partial charge in [-0.25, -0.2) is 4.79 Å². The van der Waals surface area contributed by atoms with Gasteiger partial charge >= 0.3 is 11.9 Å². The second-order valence-corrected chi connectivity index (χ2v) is 7.03. The molecule has 3 aliphatic rings. The number of hydrogen-bond donors (Lipinski definition) is 0. The van der Waals surface area contributed by atoms with E-state index in [-0.39, 0.29) is 0 Å². The van der Waals surface area contributed by atoms with Gasteiger partial charge in [-0.1, -0.05) is 6.92 Å². The first kappa shape index (κ1) is 15.7. The molecule has 7 nitrogen and oxygen atoms in total. The van der Waals surface area contributed by atoms with Crippen LogP contribution in [0.25, 0.3) is 0 Å². The maximum absolute atomic E-state index is 12.2. The molecule has 0 N–H and O–H groups in total. The monoisotopic (exact) mass is 314 g/mol. The number of rotatable bonds is 3. The van der Waals surface area contributed by atoms with Crippen LogP contribution in [0.2, 0.25) is 0 Å². The van der Waals surface area contributed by atoms with Crippen molar-refractivity contribution in [1.29, 1.82) is 0 Å². The summed E-state index contributed by atoms with van der Waals surface area (Å²) in [5.41, 5.74) is -0.665. The quantitative estimate of drug-likeness (QED) is 0.722. The predicted molar refractivity (Wildman–Crippen MR) is 72.5 cm³/mol. The van der Waals surface area contributed by atoms with Crippen LogP contribution in [0, 0.1) is 5.41 Å². The van der Waals surface area contributed by atoms with Gasteiger partial charge < -0.3 is 23.7 Å². The molecule has 124 valence electrons. The van der Waals surface area contributed by atoms with Crippen molar-refractivity contribution in [1.82, 2.24) is 0 Å². The molecule has 7 heteroatoms. The molecule has 0 amide bonds. The largest absolute Gasteiger partial charge is 0.454 e. The van der Waals surface area contributed by atoms with Gasteiger partial charge in [-0.2, -0.15) is 0 Å². The zero-order valence-electron chi connectivity index (χ0n) is 13.5. The third-order valence-corrected chi connectivity index (χ3v) is 4.48. The van der Waals surface area contributed by atoms with E-state index in [1.165, 1.54) is 0 Å². The van der Waals surface area contributed by atoms with Crippen molar-refractivity contribution in [3.63, 3.8) is 0 Å². The Morgan fingerprint density at radius 3 is 2.55 bits per heavy atom. The highest BCUT2D eigenvalue weighted by molar-refractivity contribution is 5.84. The maximum atomic E-state index is 12.2. The summed E-state index contributed by atoms with van der Waals surface area (Å²) in [6.45, 7) is 8.96. The normalized spacial score (nSPS) is 39.3. The molecular formula is C15H22O7. The lowest BCUT2D eigenvalue weighted by atomic mass is 9.90. The number of esters is 2. The minimum Gasteiger partial charge on any atom is -0.454 e. The maximum Gasteiger partial charge on any atom is 0.350 e. The van der Waals surface area contributed by atoms with E-state index in [4.69, 9.17) is 23.7 Å². The van der Waals surface area contributed by atoms with E-state index < -0.39 is 53.8 Å². The Labute approximate surface area is 129 Å². The van der Waals surface area contributed by atoms with Gasteiger partial charge in [-0.3, -0.25) is 4.79 Å². The molecule has 0 spiro atoms. The van der Waals surface area contributed by atoms with Gasteiger partial charge in [0.15, 0.2) is 24.3 Å². The summed E-state index contributed by atoms with van der Waals surface area (Å²) in [4.78, 5) is 24.2. The molecule has 3 saturated heterocycles. The first-order chi connectivity index (χ1) is 10.1.